The standard InChI is InChI=1S/C24H17FN4O/c1-16-6-5-13-29-21(22(28-23(16)29)17-7-3-2-4-8-17)14-18(15-26)24(30)27-20-11-9-19(25)10-12-20/h2-14H,1H3,(H,27,30)/b18-14+. The lowest BCUT2D eigenvalue weighted by molar-refractivity contribution is -0.112. The van der Waals surface area contributed by atoms with Gasteiger partial charge in [0.05, 0.1) is 11.4 Å². The molecule has 2 aromatic heterocycles. The molecule has 2 heterocycles. The Kier molecular flexibility index (Phi) is 5.10. The summed E-state index contributed by atoms with van der Waals surface area (Å²) in [5.41, 5.74) is 4.23. The fraction of sp³-hybridized carbons (Fsp3) is 0.0417. The molecule has 5 nitrogen and oxygen atoms in total. The van der Waals surface area contributed by atoms with Crippen LogP contribution in [0.4, 0.5) is 10.1 Å². The van der Waals surface area contributed by atoms with Gasteiger partial charge >= 0.3 is 0 Å². The lowest BCUT2D eigenvalue weighted by atomic mass is 10.1. The van der Waals surface area contributed by atoms with Crippen molar-refractivity contribution in [1.82, 2.24) is 9.38 Å². The van der Waals surface area contributed by atoms with Crippen LogP contribution in [0.5, 0.6) is 0 Å². The topological polar surface area (TPSA) is 70.2 Å². The number of imidazole rings is 1. The van der Waals surface area contributed by atoms with Gasteiger partial charge < -0.3 is 5.32 Å². The number of rotatable bonds is 4. The molecule has 146 valence electrons. The minimum Gasteiger partial charge on any atom is -0.321 e. The second-order valence-corrected chi connectivity index (χ2v) is 6.73. The average Bonchev–Trinajstić information content (AvgIpc) is 3.14. The van der Waals surface area contributed by atoms with Gasteiger partial charge in [-0.3, -0.25) is 9.20 Å². The van der Waals surface area contributed by atoms with Crippen LogP contribution < -0.4 is 5.32 Å². The van der Waals surface area contributed by atoms with E-state index in [0.717, 1.165) is 16.8 Å². The third-order valence-electron chi connectivity index (χ3n) is 4.68. The van der Waals surface area contributed by atoms with Crippen molar-refractivity contribution in [1.29, 1.82) is 5.26 Å². The number of fused-ring (bicyclic) bond motifs is 1. The third-order valence-corrected chi connectivity index (χ3v) is 4.68. The Bertz CT molecular complexity index is 1300. The highest BCUT2D eigenvalue weighted by molar-refractivity contribution is 6.10. The molecule has 0 spiro atoms. The number of carbonyl (C=O) groups excluding carboxylic acids is 1. The Labute approximate surface area is 172 Å². The molecule has 6 heteroatoms. The molecule has 0 radical (unpaired) electrons. The molecule has 0 atom stereocenters. The van der Waals surface area contributed by atoms with Gasteiger partial charge in [-0.25, -0.2) is 9.37 Å². The maximum absolute atomic E-state index is 13.1. The van der Waals surface area contributed by atoms with Crippen molar-refractivity contribution < 1.29 is 9.18 Å². The van der Waals surface area contributed by atoms with Crippen molar-refractivity contribution in [2.75, 3.05) is 5.32 Å². The molecule has 0 fully saturated rings. The molecule has 2 aromatic carbocycles. The zero-order valence-electron chi connectivity index (χ0n) is 16.1. The highest BCUT2D eigenvalue weighted by Crippen LogP contribution is 2.27. The van der Waals surface area contributed by atoms with E-state index in [-0.39, 0.29) is 5.57 Å². The molecule has 0 aliphatic heterocycles. The van der Waals surface area contributed by atoms with Crippen LogP contribution >= 0.6 is 0 Å². The van der Waals surface area contributed by atoms with Crippen molar-refractivity contribution in [2.24, 2.45) is 0 Å². The lowest BCUT2D eigenvalue weighted by Crippen LogP contribution is -2.13. The van der Waals surface area contributed by atoms with Crippen molar-refractivity contribution >= 4 is 23.3 Å². The van der Waals surface area contributed by atoms with Gasteiger partial charge in [0.1, 0.15) is 23.1 Å². The number of benzene rings is 2. The summed E-state index contributed by atoms with van der Waals surface area (Å²) in [4.78, 5) is 17.4. The van der Waals surface area contributed by atoms with E-state index in [4.69, 9.17) is 4.98 Å². The number of carbonyl (C=O) groups is 1. The average molecular weight is 396 g/mol. The van der Waals surface area contributed by atoms with Gasteiger partial charge in [0.2, 0.25) is 0 Å². The number of nitrogens with one attached hydrogen (secondary N) is 1. The van der Waals surface area contributed by atoms with Crippen LogP contribution in [0.1, 0.15) is 11.3 Å². The van der Waals surface area contributed by atoms with Crippen LogP contribution in [0.15, 0.2) is 78.5 Å². The van der Waals surface area contributed by atoms with Gasteiger partial charge in [0.25, 0.3) is 5.91 Å². The Hall–Kier alpha value is -4.24. The summed E-state index contributed by atoms with van der Waals surface area (Å²) in [7, 11) is 0. The maximum Gasteiger partial charge on any atom is 0.266 e. The molecule has 0 saturated carbocycles. The number of nitrogens with zero attached hydrogens (tertiary/aromatic N) is 3. The largest absolute Gasteiger partial charge is 0.321 e. The number of aryl methyl sites for hydroxylation is 1. The zero-order valence-corrected chi connectivity index (χ0v) is 16.1. The minimum atomic E-state index is -0.578. The van der Waals surface area contributed by atoms with Gasteiger partial charge in [-0.1, -0.05) is 36.4 Å². The monoisotopic (exact) mass is 396 g/mol. The summed E-state index contributed by atoms with van der Waals surface area (Å²) in [6.45, 7) is 1.96. The molecule has 0 bridgehead atoms. The van der Waals surface area contributed by atoms with Gasteiger partial charge in [-0.2, -0.15) is 5.26 Å². The van der Waals surface area contributed by atoms with Gasteiger partial charge in [0, 0.05) is 17.4 Å². The van der Waals surface area contributed by atoms with E-state index in [1.807, 2.05) is 66.1 Å². The Morgan fingerprint density at radius 3 is 2.53 bits per heavy atom. The quantitative estimate of drug-likeness (QED) is 0.390. The van der Waals surface area contributed by atoms with E-state index >= 15 is 0 Å². The molecule has 0 aliphatic rings. The third kappa shape index (κ3) is 3.69. The Balaban J connectivity index is 1.81. The van der Waals surface area contributed by atoms with Crippen molar-refractivity contribution in [3.8, 4) is 17.3 Å². The number of aromatic nitrogens is 2. The molecule has 0 unspecified atom stereocenters. The number of anilines is 1. The summed E-state index contributed by atoms with van der Waals surface area (Å²) in [6.07, 6.45) is 3.38. The number of pyridine rings is 1. The molecule has 1 N–H and O–H groups in total. The number of hydrogen-bond acceptors (Lipinski definition) is 3. The predicted molar refractivity (Wildman–Crippen MR) is 114 cm³/mol. The molecule has 0 saturated heterocycles. The first-order chi connectivity index (χ1) is 14.6. The summed E-state index contributed by atoms with van der Waals surface area (Å²) in [5.74, 6) is -0.983. The maximum atomic E-state index is 13.1. The summed E-state index contributed by atoms with van der Waals surface area (Å²) in [6, 6.07) is 20.8. The second-order valence-electron chi connectivity index (χ2n) is 6.73. The van der Waals surface area contributed by atoms with Gasteiger partial charge in [-0.15, -0.1) is 0 Å². The Morgan fingerprint density at radius 1 is 1.10 bits per heavy atom. The van der Waals surface area contributed by atoms with Crippen molar-refractivity contribution in [3.05, 3.63) is 95.6 Å². The van der Waals surface area contributed by atoms with Crippen molar-refractivity contribution in [2.45, 2.75) is 6.92 Å². The Morgan fingerprint density at radius 2 is 1.83 bits per heavy atom. The zero-order chi connectivity index (χ0) is 21.1. The molecule has 30 heavy (non-hydrogen) atoms. The van der Waals surface area contributed by atoms with E-state index in [0.29, 0.717) is 17.1 Å². The van der Waals surface area contributed by atoms with E-state index in [1.165, 1.54) is 30.3 Å². The summed E-state index contributed by atoms with van der Waals surface area (Å²) < 4.78 is 15.0. The van der Waals surface area contributed by atoms with Gasteiger partial charge in [0.15, 0.2) is 0 Å². The first-order valence-electron chi connectivity index (χ1n) is 9.28. The van der Waals surface area contributed by atoms with Gasteiger partial charge in [-0.05, 0) is 48.9 Å². The lowest BCUT2D eigenvalue weighted by Gasteiger charge is -2.05. The predicted octanol–water partition coefficient (Wildman–Crippen LogP) is 4.99. The number of hydrogen-bond donors (Lipinski definition) is 1. The van der Waals surface area contributed by atoms with Crippen molar-refractivity contribution in [3.63, 3.8) is 0 Å². The summed E-state index contributed by atoms with van der Waals surface area (Å²) >= 11 is 0. The molecule has 4 aromatic rings. The van der Waals surface area contributed by atoms with Crippen LogP contribution in [0.3, 0.4) is 0 Å². The molecular formula is C24H17FN4O. The highest BCUT2D eigenvalue weighted by atomic mass is 19.1. The highest BCUT2D eigenvalue weighted by Gasteiger charge is 2.17. The van der Waals surface area contributed by atoms with Crippen LogP contribution in [0.25, 0.3) is 23.0 Å². The van der Waals surface area contributed by atoms with E-state index in [1.54, 1.807) is 0 Å². The fourth-order valence-electron chi connectivity index (χ4n) is 3.19. The smallest absolute Gasteiger partial charge is 0.266 e. The fourth-order valence-corrected chi connectivity index (χ4v) is 3.19. The van der Waals surface area contributed by atoms with E-state index < -0.39 is 11.7 Å². The SMILES string of the molecule is Cc1cccn2c(/C=C(\C#N)C(=O)Nc3ccc(F)cc3)c(-c3ccccc3)nc12. The van der Waals surface area contributed by atoms with Crippen LogP contribution in [0.2, 0.25) is 0 Å². The van der Waals surface area contributed by atoms with E-state index in [2.05, 4.69) is 5.32 Å². The first kappa shape index (κ1) is 19.1. The molecule has 1 amide bonds. The summed E-state index contributed by atoms with van der Waals surface area (Å²) in [5, 5.41) is 12.3. The van der Waals surface area contributed by atoms with Crippen LogP contribution in [0, 0.1) is 24.1 Å². The number of amides is 1. The number of halogens is 1. The minimum absolute atomic E-state index is 0.0835. The normalized spacial score (nSPS) is 11.3. The van der Waals surface area contributed by atoms with E-state index in [9.17, 15) is 14.4 Å². The first-order valence-corrected chi connectivity index (χ1v) is 9.28. The number of nitriles is 1. The molecular weight excluding hydrogens is 379 g/mol. The molecule has 4 rings (SSSR count). The van der Waals surface area contributed by atoms with Crippen LogP contribution in [-0.4, -0.2) is 15.3 Å². The molecule has 0 aliphatic carbocycles. The van der Waals surface area contributed by atoms with Crippen LogP contribution in [-0.2, 0) is 4.79 Å². The second kappa shape index (κ2) is 8.02.